The summed E-state index contributed by atoms with van der Waals surface area (Å²) in [5, 5.41) is 8.77. The predicted octanol–water partition coefficient (Wildman–Crippen LogP) is 2.44. The number of hydrogen-bond acceptors (Lipinski definition) is 2. The molecule has 0 radical (unpaired) electrons. The number of nitrogens with one attached hydrogen (secondary N) is 2. The highest BCUT2D eigenvalue weighted by Gasteiger charge is 2.28. The van der Waals surface area contributed by atoms with Gasteiger partial charge in [-0.25, -0.2) is 5.32 Å². The van der Waals surface area contributed by atoms with Crippen molar-refractivity contribution in [1.82, 2.24) is 4.90 Å². The standard InChI is InChI=1S/C24H22Cl2N4.ClH/c25-18-9-10-22-23(15-18)28-24(19-6-2-4-8-21(19)27-22)30-13-11-29(12-14-30)16-17-5-1-3-7-20(17)26;/h1-10,15H,11-14,16H2,(H,27,28);1H. The Hall–Kier alpha value is -2.24. The van der Waals surface area contributed by atoms with Crippen LogP contribution in [0, 0.1) is 0 Å². The lowest BCUT2D eigenvalue weighted by Gasteiger charge is -2.28. The molecule has 5 rings (SSSR count). The molecule has 0 aromatic heterocycles. The molecule has 0 aliphatic carbocycles. The van der Waals surface area contributed by atoms with E-state index in [1.807, 2.05) is 30.3 Å². The van der Waals surface area contributed by atoms with E-state index in [0.29, 0.717) is 0 Å². The van der Waals surface area contributed by atoms with Gasteiger partial charge in [0.05, 0.1) is 30.0 Å². The van der Waals surface area contributed by atoms with Crippen molar-refractivity contribution in [3.8, 4) is 0 Å². The van der Waals surface area contributed by atoms with Crippen LogP contribution in [0.25, 0.3) is 0 Å². The third-order valence-corrected chi connectivity index (χ3v) is 6.33. The van der Waals surface area contributed by atoms with Crippen LogP contribution in [0.1, 0.15) is 11.1 Å². The number of nitrogens with zero attached hydrogens (tertiary/aromatic N) is 2. The van der Waals surface area contributed by atoms with Crippen LogP contribution in [0.4, 0.5) is 17.1 Å². The zero-order valence-electron chi connectivity index (χ0n) is 16.9. The summed E-state index contributed by atoms with van der Waals surface area (Å²) in [5.41, 5.74) is 5.47. The Bertz CT molecular complexity index is 1120. The molecule has 2 N–H and O–H groups in total. The third kappa shape index (κ3) is 4.68. The molecule has 0 amide bonds. The van der Waals surface area contributed by atoms with Crippen molar-refractivity contribution in [2.24, 2.45) is 0 Å². The Kier molecular flexibility index (Phi) is 6.73. The molecule has 3 aromatic carbocycles. The normalized spacial score (nSPS) is 15.7. The molecular weight excluding hydrogens is 451 g/mol. The molecule has 4 nitrogen and oxygen atoms in total. The molecule has 1 saturated heterocycles. The summed E-state index contributed by atoms with van der Waals surface area (Å²) in [7, 11) is 0. The summed E-state index contributed by atoms with van der Waals surface area (Å²) >= 11 is 12.6. The maximum absolute atomic E-state index is 6.36. The lowest BCUT2D eigenvalue weighted by molar-refractivity contribution is -0.539. The molecule has 0 atom stereocenters. The average molecular weight is 474 g/mol. The average Bonchev–Trinajstić information content (AvgIpc) is 2.92. The van der Waals surface area contributed by atoms with Gasteiger partial charge >= 0.3 is 0 Å². The van der Waals surface area contributed by atoms with Crippen LogP contribution in [-0.2, 0) is 6.54 Å². The topological polar surface area (TPSA) is 30.3 Å². The van der Waals surface area contributed by atoms with Gasteiger partial charge in [0.25, 0.3) is 5.84 Å². The Morgan fingerprint density at radius 2 is 1.55 bits per heavy atom. The van der Waals surface area contributed by atoms with E-state index in [9.17, 15) is 0 Å². The number of amidine groups is 1. The number of anilines is 3. The Labute approximate surface area is 198 Å². The van der Waals surface area contributed by atoms with Gasteiger partial charge in [-0.1, -0.05) is 53.5 Å². The van der Waals surface area contributed by atoms with Gasteiger partial charge in [-0.15, -0.1) is 0 Å². The van der Waals surface area contributed by atoms with E-state index < -0.39 is 0 Å². The van der Waals surface area contributed by atoms with Crippen molar-refractivity contribution < 1.29 is 17.0 Å². The van der Waals surface area contributed by atoms with Crippen LogP contribution in [0.2, 0.25) is 10.0 Å². The van der Waals surface area contributed by atoms with E-state index in [0.717, 1.165) is 65.7 Å². The number of rotatable bonds is 2. The fourth-order valence-electron chi connectivity index (χ4n) is 4.11. The van der Waals surface area contributed by atoms with Gasteiger partial charge < -0.3 is 17.7 Å². The molecule has 2 aliphatic heterocycles. The summed E-state index contributed by atoms with van der Waals surface area (Å²) in [6.45, 7) is 4.73. The van der Waals surface area contributed by atoms with Gasteiger partial charge in [0, 0.05) is 35.7 Å². The molecule has 0 saturated carbocycles. The highest BCUT2D eigenvalue weighted by atomic mass is 35.5. The van der Waals surface area contributed by atoms with E-state index >= 15 is 0 Å². The fourth-order valence-corrected chi connectivity index (χ4v) is 4.48. The largest absolute Gasteiger partial charge is 1.00 e. The van der Waals surface area contributed by atoms with E-state index in [4.69, 9.17) is 23.2 Å². The molecule has 160 valence electrons. The van der Waals surface area contributed by atoms with E-state index in [-0.39, 0.29) is 12.4 Å². The smallest absolute Gasteiger partial charge is 0.284 e. The highest BCUT2D eigenvalue weighted by molar-refractivity contribution is 6.31. The van der Waals surface area contributed by atoms with Crippen LogP contribution >= 0.6 is 23.2 Å². The summed E-state index contributed by atoms with van der Waals surface area (Å²) in [6.07, 6.45) is 0. The van der Waals surface area contributed by atoms with Crippen molar-refractivity contribution >= 4 is 46.1 Å². The maximum Gasteiger partial charge on any atom is 0.284 e. The molecule has 2 aliphatic rings. The van der Waals surface area contributed by atoms with Crippen molar-refractivity contribution in [3.05, 3.63) is 87.9 Å². The fraction of sp³-hybridized carbons (Fsp3) is 0.208. The first-order chi connectivity index (χ1) is 14.7. The van der Waals surface area contributed by atoms with E-state index in [2.05, 4.69) is 56.5 Å². The Morgan fingerprint density at radius 3 is 2.35 bits per heavy atom. The van der Waals surface area contributed by atoms with Gasteiger partial charge in [0.15, 0.2) is 0 Å². The second-order valence-corrected chi connectivity index (χ2v) is 8.53. The quantitative estimate of drug-likeness (QED) is 0.561. The summed E-state index contributed by atoms with van der Waals surface area (Å²) in [4.78, 5) is 2.46. The number of benzene rings is 3. The molecule has 31 heavy (non-hydrogen) atoms. The summed E-state index contributed by atoms with van der Waals surface area (Å²) in [6, 6.07) is 22.4. The first-order valence-electron chi connectivity index (χ1n) is 10.2. The van der Waals surface area contributed by atoms with Crippen molar-refractivity contribution in [2.45, 2.75) is 6.54 Å². The van der Waals surface area contributed by atoms with Crippen molar-refractivity contribution in [1.29, 1.82) is 0 Å². The first-order valence-corrected chi connectivity index (χ1v) is 10.9. The molecular formula is C24H23Cl3N4. The number of para-hydroxylation sites is 1. The zero-order chi connectivity index (χ0) is 20.5. The summed E-state index contributed by atoms with van der Waals surface area (Å²) in [5.74, 6) is 1.12. The van der Waals surface area contributed by atoms with Gasteiger partial charge in [-0.2, -0.15) is 0 Å². The van der Waals surface area contributed by atoms with Crippen LogP contribution < -0.4 is 23.0 Å². The predicted molar refractivity (Wildman–Crippen MR) is 126 cm³/mol. The summed E-state index contributed by atoms with van der Waals surface area (Å²) < 4.78 is 2.43. The SMILES string of the molecule is Clc1ccc2c(c1)NC(=[N+]1CCN(Cc3ccccc3Cl)CC1)c1ccccc1N2.[Cl-]. The molecule has 0 unspecified atom stereocenters. The van der Waals surface area contributed by atoms with Gasteiger partial charge in [-0.3, -0.25) is 9.48 Å². The minimum atomic E-state index is 0. The number of halogens is 3. The maximum atomic E-state index is 6.36. The van der Waals surface area contributed by atoms with Crippen LogP contribution in [0.15, 0.2) is 66.7 Å². The monoisotopic (exact) mass is 472 g/mol. The second-order valence-electron chi connectivity index (χ2n) is 7.69. The zero-order valence-corrected chi connectivity index (χ0v) is 19.2. The van der Waals surface area contributed by atoms with Gasteiger partial charge in [0.1, 0.15) is 5.69 Å². The minimum absolute atomic E-state index is 0. The molecule has 3 aromatic rings. The highest BCUT2D eigenvalue weighted by Crippen LogP contribution is 2.34. The van der Waals surface area contributed by atoms with E-state index in [1.54, 1.807) is 0 Å². The first kappa shape index (κ1) is 22.0. The Morgan fingerprint density at radius 1 is 0.806 bits per heavy atom. The third-order valence-electron chi connectivity index (χ3n) is 5.73. The second kappa shape index (κ2) is 9.49. The molecule has 0 spiro atoms. The van der Waals surface area contributed by atoms with Crippen molar-refractivity contribution in [3.63, 3.8) is 0 Å². The number of fused-ring (bicyclic) bond motifs is 2. The molecule has 2 heterocycles. The van der Waals surface area contributed by atoms with Crippen molar-refractivity contribution in [2.75, 3.05) is 36.8 Å². The Balaban J connectivity index is 0.00000231. The molecule has 7 heteroatoms. The lowest BCUT2D eigenvalue weighted by Crippen LogP contribution is -3.00. The molecule has 1 fully saturated rings. The molecule has 0 bridgehead atoms. The number of piperazine rings is 1. The van der Waals surface area contributed by atoms with Crippen LogP contribution in [0.3, 0.4) is 0 Å². The minimum Gasteiger partial charge on any atom is -1.00 e. The van der Waals surface area contributed by atoms with Crippen LogP contribution in [0.5, 0.6) is 0 Å². The number of hydrogen-bond donors (Lipinski definition) is 2. The van der Waals surface area contributed by atoms with E-state index in [1.165, 1.54) is 11.1 Å². The van der Waals surface area contributed by atoms with Gasteiger partial charge in [-0.05, 0) is 35.9 Å². The lowest BCUT2D eigenvalue weighted by atomic mass is 10.1. The van der Waals surface area contributed by atoms with Gasteiger partial charge in [0.2, 0.25) is 0 Å². The van der Waals surface area contributed by atoms with Crippen LogP contribution in [-0.4, -0.2) is 41.5 Å².